The van der Waals surface area contributed by atoms with Gasteiger partial charge in [-0.05, 0) is 106 Å². The van der Waals surface area contributed by atoms with E-state index < -0.39 is 0 Å². The molecule has 0 bridgehead atoms. The summed E-state index contributed by atoms with van der Waals surface area (Å²) in [5.74, 6) is 5.56. The van der Waals surface area contributed by atoms with Crippen LogP contribution in [0, 0.1) is 40.4 Å². The maximum Gasteiger partial charge on any atom is 0.126 e. The average molecular weight is 347 g/mol. The minimum atomic E-state index is 0.167. The van der Waals surface area contributed by atoms with E-state index in [1.54, 1.807) is 51.4 Å². The molecule has 4 aliphatic carbocycles. The number of hydrogen-bond donors (Lipinski definition) is 0. The van der Waals surface area contributed by atoms with Crippen molar-refractivity contribution in [1.29, 1.82) is 0 Å². The monoisotopic (exact) mass is 346 g/mol. The fourth-order valence-electron chi connectivity index (χ4n) is 8.07. The summed E-state index contributed by atoms with van der Waals surface area (Å²) in [5, 5.41) is 0. The highest BCUT2D eigenvalue weighted by atomic mass is 16.1. The quantitative estimate of drug-likeness (QED) is 0.497. The zero-order valence-corrected chi connectivity index (χ0v) is 17.6. The Hall–Kier alpha value is -0.330. The normalized spacial score (nSPS) is 48.4. The zero-order chi connectivity index (χ0) is 18.2. The van der Waals surface area contributed by atoms with E-state index in [1.807, 2.05) is 0 Å². The van der Waals surface area contributed by atoms with Crippen LogP contribution >= 0.6 is 0 Å². The Balaban J connectivity index is 0.000000415. The van der Waals surface area contributed by atoms with Crippen LogP contribution in [0.2, 0.25) is 0 Å². The van der Waals surface area contributed by atoms with E-state index in [0.717, 1.165) is 35.0 Å². The van der Waals surface area contributed by atoms with E-state index in [0.29, 0.717) is 5.41 Å². The van der Waals surface area contributed by atoms with Crippen LogP contribution in [-0.4, -0.2) is 5.78 Å². The summed E-state index contributed by atoms with van der Waals surface area (Å²) in [5.41, 5.74) is 1.45. The van der Waals surface area contributed by atoms with Crippen molar-refractivity contribution in [3.63, 3.8) is 0 Å². The molecule has 25 heavy (non-hydrogen) atoms. The van der Waals surface area contributed by atoms with Gasteiger partial charge in [0, 0.05) is 0 Å². The van der Waals surface area contributed by atoms with Crippen LogP contribution in [0.4, 0.5) is 0 Å². The Morgan fingerprint density at radius 3 is 2.20 bits per heavy atom. The Kier molecular flexibility index (Phi) is 5.72. The molecule has 144 valence electrons. The van der Waals surface area contributed by atoms with Crippen molar-refractivity contribution in [1.82, 2.24) is 0 Å². The highest BCUT2D eigenvalue weighted by Gasteiger charge is 2.59. The number of carbonyl (C=O) groups is 1. The van der Waals surface area contributed by atoms with Crippen molar-refractivity contribution in [3.05, 3.63) is 0 Å². The van der Waals surface area contributed by atoms with Gasteiger partial charge in [-0.3, -0.25) is 0 Å². The molecule has 7 atom stereocenters. The van der Waals surface area contributed by atoms with E-state index in [9.17, 15) is 4.79 Å². The van der Waals surface area contributed by atoms with Crippen LogP contribution in [0.3, 0.4) is 0 Å². The molecule has 4 fully saturated rings. The number of Topliss-reactive ketones (excluding diaryl/α,β-unsaturated/α-hetero) is 1. The third-order valence-electron chi connectivity index (χ3n) is 9.27. The molecule has 0 aromatic rings. The first-order chi connectivity index (χ1) is 11.8. The molecular weight excluding hydrogens is 304 g/mol. The van der Waals surface area contributed by atoms with Gasteiger partial charge in [0.1, 0.15) is 5.78 Å². The lowest BCUT2D eigenvalue weighted by Crippen LogP contribution is -2.52. The standard InChI is InChI=1S/C21H36.C3H6O/c1-4-15-9-11-18-17-10-8-16-7-5-6-13-20(16,2)19(17)12-14-21(15,18)3;1-3(2)4/h15-19H,4-14H2,1-3H3;1-2H3/t15-,16?,17-,18-,19-,20-,21+;/m0./s1. The Morgan fingerprint density at radius 1 is 0.840 bits per heavy atom. The van der Waals surface area contributed by atoms with Crippen molar-refractivity contribution in [3.8, 4) is 0 Å². The molecule has 0 N–H and O–H groups in total. The van der Waals surface area contributed by atoms with E-state index in [-0.39, 0.29) is 5.78 Å². The average Bonchev–Trinajstić information content (AvgIpc) is 2.90. The highest BCUT2D eigenvalue weighted by Crippen LogP contribution is 2.67. The minimum absolute atomic E-state index is 0.167. The van der Waals surface area contributed by atoms with Crippen molar-refractivity contribution in [2.75, 3.05) is 0 Å². The Labute approximate surface area is 156 Å². The molecule has 4 rings (SSSR count). The molecule has 0 radical (unpaired) electrons. The lowest BCUT2D eigenvalue weighted by atomic mass is 9.45. The number of hydrogen-bond acceptors (Lipinski definition) is 1. The van der Waals surface area contributed by atoms with Gasteiger partial charge in [0.2, 0.25) is 0 Å². The fraction of sp³-hybridized carbons (Fsp3) is 0.958. The molecule has 1 unspecified atom stereocenters. The summed E-state index contributed by atoms with van der Waals surface area (Å²) in [6, 6.07) is 0. The van der Waals surface area contributed by atoms with Crippen molar-refractivity contribution in [2.24, 2.45) is 40.4 Å². The molecule has 0 aromatic heterocycles. The number of fused-ring (bicyclic) bond motifs is 5. The Morgan fingerprint density at radius 2 is 1.52 bits per heavy atom. The summed E-state index contributed by atoms with van der Waals surface area (Å²) in [6.45, 7) is 10.9. The second-order valence-electron chi connectivity index (χ2n) is 10.5. The van der Waals surface area contributed by atoms with Gasteiger partial charge in [0.15, 0.2) is 0 Å². The third-order valence-corrected chi connectivity index (χ3v) is 9.27. The lowest BCUT2D eigenvalue weighted by molar-refractivity contribution is -0.115. The topological polar surface area (TPSA) is 17.1 Å². The summed E-state index contributed by atoms with van der Waals surface area (Å²) in [7, 11) is 0. The molecule has 4 aliphatic rings. The predicted molar refractivity (Wildman–Crippen MR) is 106 cm³/mol. The Bertz CT molecular complexity index is 478. The smallest absolute Gasteiger partial charge is 0.126 e. The summed E-state index contributed by atoms with van der Waals surface area (Å²) >= 11 is 0. The van der Waals surface area contributed by atoms with Crippen LogP contribution < -0.4 is 0 Å². The number of rotatable bonds is 1. The van der Waals surface area contributed by atoms with Crippen LogP contribution in [0.5, 0.6) is 0 Å². The molecule has 0 amide bonds. The molecule has 0 aromatic carbocycles. The number of carbonyl (C=O) groups excluding carboxylic acids is 1. The SMILES string of the molecule is CC(C)=O.CC[C@H]1CC[C@H]2[C@@H]3CCC4CCCC[C@]4(C)[C@H]3CC[C@]12C. The minimum Gasteiger partial charge on any atom is -0.300 e. The van der Waals surface area contributed by atoms with Crippen LogP contribution in [0.25, 0.3) is 0 Å². The van der Waals surface area contributed by atoms with Crippen LogP contribution in [-0.2, 0) is 4.79 Å². The van der Waals surface area contributed by atoms with Gasteiger partial charge >= 0.3 is 0 Å². The molecule has 0 aliphatic heterocycles. The van der Waals surface area contributed by atoms with Gasteiger partial charge in [-0.2, -0.15) is 0 Å². The van der Waals surface area contributed by atoms with Crippen molar-refractivity contribution in [2.45, 2.75) is 105 Å². The number of ketones is 1. The van der Waals surface area contributed by atoms with Crippen LogP contribution in [0.15, 0.2) is 0 Å². The third kappa shape index (κ3) is 3.34. The zero-order valence-electron chi connectivity index (χ0n) is 17.6. The summed E-state index contributed by atoms with van der Waals surface area (Å²) in [6.07, 6.45) is 17.0. The summed E-state index contributed by atoms with van der Waals surface area (Å²) < 4.78 is 0. The van der Waals surface area contributed by atoms with Gasteiger partial charge < -0.3 is 4.79 Å². The molecule has 0 saturated heterocycles. The van der Waals surface area contributed by atoms with Gasteiger partial charge in [-0.1, -0.05) is 40.0 Å². The molecule has 1 heteroatoms. The predicted octanol–water partition coefficient (Wildman–Crippen LogP) is 7.04. The highest BCUT2D eigenvalue weighted by molar-refractivity contribution is 5.72. The first kappa shape index (κ1) is 19.4. The van der Waals surface area contributed by atoms with Gasteiger partial charge in [0.25, 0.3) is 0 Å². The van der Waals surface area contributed by atoms with E-state index in [4.69, 9.17) is 0 Å². The maximum absolute atomic E-state index is 9.44. The van der Waals surface area contributed by atoms with Gasteiger partial charge in [-0.25, -0.2) is 0 Å². The second kappa shape index (κ2) is 7.35. The molecular formula is C24H42O. The van der Waals surface area contributed by atoms with Crippen molar-refractivity contribution < 1.29 is 4.79 Å². The van der Waals surface area contributed by atoms with E-state index in [1.165, 1.54) is 33.1 Å². The van der Waals surface area contributed by atoms with E-state index >= 15 is 0 Å². The maximum atomic E-state index is 9.44. The van der Waals surface area contributed by atoms with Gasteiger partial charge in [-0.15, -0.1) is 0 Å². The molecule has 0 heterocycles. The second-order valence-corrected chi connectivity index (χ2v) is 10.5. The first-order valence-corrected chi connectivity index (χ1v) is 11.3. The first-order valence-electron chi connectivity index (χ1n) is 11.3. The fourth-order valence-corrected chi connectivity index (χ4v) is 8.07. The lowest BCUT2D eigenvalue weighted by Gasteiger charge is -2.60. The van der Waals surface area contributed by atoms with Gasteiger partial charge in [0.05, 0.1) is 0 Å². The molecule has 1 nitrogen and oxygen atoms in total. The molecule has 0 spiro atoms. The van der Waals surface area contributed by atoms with Crippen LogP contribution in [0.1, 0.15) is 105 Å². The largest absolute Gasteiger partial charge is 0.300 e. The molecule has 4 saturated carbocycles. The van der Waals surface area contributed by atoms with E-state index in [2.05, 4.69) is 20.8 Å². The summed E-state index contributed by atoms with van der Waals surface area (Å²) in [4.78, 5) is 9.44. The van der Waals surface area contributed by atoms with Crippen molar-refractivity contribution >= 4 is 5.78 Å².